The summed E-state index contributed by atoms with van der Waals surface area (Å²) in [6.45, 7) is 8.23. The first-order valence-electron chi connectivity index (χ1n) is 7.66. The molecule has 0 atom stereocenters. The number of nitrogens with zero attached hydrogens (tertiary/aromatic N) is 2. The molecule has 2 nitrogen and oxygen atoms in total. The van der Waals surface area contributed by atoms with Crippen LogP contribution in [0.15, 0.2) is 48.7 Å². The third kappa shape index (κ3) is 2.53. The number of thiazole rings is 1. The number of rotatable bonds is 1. The second kappa shape index (κ2) is 5.93. The van der Waals surface area contributed by atoms with Gasteiger partial charge in [-0.25, -0.2) is 4.98 Å². The summed E-state index contributed by atoms with van der Waals surface area (Å²) in [5, 5.41) is 0. The Morgan fingerprint density at radius 3 is 2.32 bits per heavy atom. The van der Waals surface area contributed by atoms with Crippen LogP contribution in [0.4, 0.5) is 0 Å². The minimum Gasteiger partial charge on any atom is -0.290 e. The molecule has 4 aromatic rings. The molecule has 0 saturated heterocycles. The van der Waals surface area contributed by atoms with E-state index in [-0.39, 0.29) is 0 Å². The van der Waals surface area contributed by atoms with E-state index in [4.69, 9.17) is 4.98 Å². The molecular formula is C19H20N2S. The van der Waals surface area contributed by atoms with E-state index >= 15 is 0 Å². The largest absolute Gasteiger partial charge is 0.290 e. The summed E-state index contributed by atoms with van der Waals surface area (Å²) in [5.41, 5.74) is 6.02. The minimum absolute atomic E-state index is 1.04. The molecule has 0 bridgehead atoms. The highest BCUT2D eigenvalue weighted by Crippen LogP contribution is 2.30. The molecule has 0 aliphatic heterocycles. The first-order valence-corrected chi connectivity index (χ1v) is 8.48. The van der Waals surface area contributed by atoms with Crippen LogP contribution < -0.4 is 0 Å². The number of benzene rings is 2. The summed E-state index contributed by atoms with van der Waals surface area (Å²) in [4.78, 5) is 5.82. The van der Waals surface area contributed by atoms with Crippen molar-refractivity contribution in [2.75, 3.05) is 0 Å². The Morgan fingerprint density at radius 2 is 1.59 bits per heavy atom. The van der Waals surface area contributed by atoms with Crippen molar-refractivity contribution in [2.45, 2.75) is 27.7 Å². The first kappa shape index (κ1) is 14.8. The summed E-state index contributed by atoms with van der Waals surface area (Å²) >= 11 is 1.75. The fraction of sp³-hybridized carbons (Fsp3) is 0.211. The van der Waals surface area contributed by atoms with Crippen LogP contribution in [0.1, 0.15) is 25.0 Å². The van der Waals surface area contributed by atoms with Crippen molar-refractivity contribution in [3.63, 3.8) is 0 Å². The van der Waals surface area contributed by atoms with Crippen LogP contribution in [-0.4, -0.2) is 9.38 Å². The molecule has 0 amide bonds. The molecular weight excluding hydrogens is 288 g/mol. The molecule has 0 spiro atoms. The van der Waals surface area contributed by atoms with Gasteiger partial charge in [0, 0.05) is 11.8 Å². The quantitative estimate of drug-likeness (QED) is 0.430. The molecule has 3 heteroatoms. The van der Waals surface area contributed by atoms with Crippen LogP contribution >= 0.6 is 11.3 Å². The van der Waals surface area contributed by atoms with Crippen molar-refractivity contribution in [1.82, 2.24) is 9.38 Å². The van der Waals surface area contributed by atoms with Gasteiger partial charge in [-0.1, -0.05) is 61.1 Å². The number of aryl methyl sites for hydroxylation is 2. The van der Waals surface area contributed by atoms with Crippen LogP contribution in [0, 0.1) is 13.8 Å². The van der Waals surface area contributed by atoms with E-state index < -0.39 is 0 Å². The van der Waals surface area contributed by atoms with E-state index in [1.807, 2.05) is 13.8 Å². The number of imidazole rings is 1. The average molecular weight is 308 g/mol. The molecule has 0 aliphatic carbocycles. The third-order valence-corrected chi connectivity index (χ3v) is 4.61. The molecule has 22 heavy (non-hydrogen) atoms. The van der Waals surface area contributed by atoms with Crippen molar-refractivity contribution in [3.05, 3.63) is 59.8 Å². The van der Waals surface area contributed by atoms with Crippen molar-refractivity contribution in [3.8, 4) is 11.3 Å². The van der Waals surface area contributed by atoms with Gasteiger partial charge in [0.15, 0.2) is 4.96 Å². The van der Waals surface area contributed by atoms with Crippen LogP contribution in [-0.2, 0) is 0 Å². The van der Waals surface area contributed by atoms with Gasteiger partial charge in [0.1, 0.15) is 0 Å². The Kier molecular flexibility index (Phi) is 3.99. The molecule has 0 fully saturated rings. The molecule has 4 rings (SSSR count). The molecule has 112 valence electrons. The maximum Gasteiger partial charge on any atom is 0.195 e. The second-order valence-corrected chi connectivity index (χ2v) is 6.23. The van der Waals surface area contributed by atoms with Gasteiger partial charge >= 0.3 is 0 Å². The fourth-order valence-electron chi connectivity index (χ4n) is 2.47. The summed E-state index contributed by atoms with van der Waals surface area (Å²) in [6.07, 6.45) is 2.13. The number of hydrogen-bond acceptors (Lipinski definition) is 2. The molecule has 2 aromatic heterocycles. The Balaban J connectivity index is 0.000000693. The van der Waals surface area contributed by atoms with E-state index in [0.717, 1.165) is 10.7 Å². The van der Waals surface area contributed by atoms with Crippen LogP contribution in [0.5, 0.6) is 0 Å². The zero-order chi connectivity index (χ0) is 15.7. The summed E-state index contributed by atoms with van der Waals surface area (Å²) in [5.74, 6) is 0. The molecule has 0 saturated carbocycles. The maximum atomic E-state index is 4.76. The van der Waals surface area contributed by atoms with Gasteiger partial charge in [0.2, 0.25) is 0 Å². The zero-order valence-corrected chi connectivity index (χ0v) is 14.2. The highest BCUT2D eigenvalue weighted by atomic mass is 32.1. The van der Waals surface area contributed by atoms with Crippen molar-refractivity contribution >= 4 is 26.5 Å². The lowest BCUT2D eigenvalue weighted by atomic mass is 10.1. The standard InChI is InChI=1S/C17H14N2S.C2H6/c1-11-3-6-13(7-4-11)14-10-19-15-8-5-12(2)9-16(15)20-17(19)18-14;1-2/h3-10H,1-2H3;1-2H3. The molecule has 0 radical (unpaired) electrons. The number of aromatic nitrogens is 2. The highest BCUT2D eigenvalue weighted by Gasteiger charge is 2.09. The molecule has 2 heterocycles. The molecule has 0 unspecified atom stereocenters. The summed E-state index contributed by atoms with van der Waals surface area (Å²) in [6, 6.07) is 15.1. The van der Waals surface area contributed by atoms with E-state index in [1.165, 1.54) is 26.9 Å². The fourth-order valence-corrected chi connectivity index (χ4v) is 3.58. The molecule has 2 aromatic carbocycles. The maximum absolute atomic E-state index is 4.76. The normalized spacial score (nSPS) is 10.7. The first-order chi connectivity index (χ1) is 10.7. The van der Waals surface area contributed by atoms with Crippen LogP contribution in [0.3, 0.4) is 0 Å². The Hall–Kier alpha value is -2.13. The van der Waals surface area contributed by atoms with Gasteiger partial charge in [-0.3, -0.25) is 4.40 Å². The number of fused-ring (bicyclic) bond motifs is 3. The van der Waals surface area contributed by atoms with Gasteiger partial charge in [-0.15, -0.1) is 0 Å². The zero-order valence-electron chi connectivity index (χ0n) is 13.4. The summed E-state index contributed by atoms with van der Waals surface area (Å²) in [7, 11) is 0. The second-order valence-electron chi connectivity index (χ2n) is 5.22. The Bertz CT molecular complexity index is 914. The topological polar surface area (TPSA) is 17.3 Å². The van der Waals surface area contributed by atoms with Crippen molar-refractivity contribution in [2.24, 2.45) is 0 Å². The summed E-state index contributed by atoms with van der Waals surface area (Å²) < 4.78 is 3.48. The number of hydrogen-bond donors (Lipinski definition) is 0. The van der Waals surface area contributed by atoms with E-state index in [2.05, 4.69) is 66.9 Å². The van der Waals surface area contributed by atoms with Crippen LogP contribution in [0.25, 0.3) is 26.4 Å². The Labute approximate surface area is 135 Å². The minimum atomic E-state index is 1.04. The van der Waals surface area contributed by atoms with Gasteiger partial charge in [-0.2, -0.15) is 0 Å². The van der Waals surface area contributed by atoms with Crippen molar-refractivity contribution < 1.29 is 0 Å². The van der Waals surface area contributed by atoms with Gasteiger partial charge in [0.05, 0.1) is 15.9 Å². The van der Waals surface area contributed by atoms with E-state index in [1.54, 1.807) is 11.3 Å². The molecule has 0 aliphatic rings. The predicted molar refractivity (Wildman–Crippen MR) is 96.8 cm³/mol. The van der Waals surface area contributed by atoms with Gasteiger partial charge < -0.3 is 0 Å². The van der Waals surface area contributed by atoms with Gasteiger partial charge in [0.25, 0.3) is 0 Å². The smallest absolute Gasteiger partial charge is 0.195 e. The van der Waals surface area contributed by atoms with E-state index in [0.29, 0.717) is 0 Å². The lowest BCUT2D eigenvalue weighted by Crippen LogP contribution is -1.79. The molecule has 0 N–H and O–H groups in total. The monoisotopic (exact) mass is 308 g/mol. The van der Waals surface area contributed by atoms with Crippen LogP contribution in [0.2, 0.25) is 0 Å². The average Bonchev–Trinajstić information content (AvgIpc) is 3.07. The lowest BCUT2D eigenvalue weighted by molar-refractivity contribution is 1.29. The van der Waals surface area contributed by atoms with Crippen molar-refractivity contribution in [1.29, 1.82) is 0 Å². The Morgan fingerprint density at radius 1 is 0.909 bits per heavy atom. The van der Waals surface area contributed by atoms with Gasteiger partial charge in [-0.05, 0) is 31.5 Å². The lowest BCUT2D eigenvalue weighted by Gasteiger charge is -1.97. The third-order valence-electron chi connectivity index (χ3n) is 3.60. The SMILES string of the molecule is CC.Cc1ccc(-c2cn3c(n2)sc2cc(C)ccc23)cc1. The highest BCUT2D eigenvalue weighted by molar-refractivity contribution is 7.23. The van der Waals surface area contributed by atoms with E-state index in [9.17, 15) is 0 Å². The predicted octanol–water partition coefficient (Wildman–Crippen LogP) is 5.86.